The molecule has 0 aliphatic heterocycles. The smallest absolute Gasteiger partial charge is 0.262 e. The molecule has 6 heteroatoms. The minimum atomic E-state index is -3.54. The molecule has 102 valence electrons. The van der Waals surface area contributed by atoms with Crippen LogP contribution in [-0.2, 0) is 10.0 Å². The van der Waals surface area contributed by atoms with Crippen molar-refractivity contribution in [1.29, 1.82) is 0 Å². The number of nitrogens with zero attached hydrogens (tertiary/aromatic N) is 1. The van der Waals surface area contributed by atoms with Gasteiger partial charge >= 0.3 is 0 Å². The van der Waals surface area contributed by atoms with Crippen molar-refractivity contribution in [1.82, 2.24) is 4.98 Å². The van der Waals surface area contributed by atoms with E-state index in [-0.39, 0.29) is 12.4 Å². The van der Waals surface area contributed by atoms with Crippen molar-refractivity contribution < 1.29 is 20.8 Å². The van der Waals surface area contributed by atoms with E-state index in [1.807, 2.05) is 13.0 Å². The molecule has 2 aromatic rings. The molecule has 0 amide bonds. The number of pyridine rings is 1. The maximum atomic E-state index is 12.2. The molecule has 0 aliphatic carbocycles. The highest BCUT2D eigenvalue weighted by atomic mass is 35.5. The number of aryl methyl sites for hydroxylation is 2. The van der Waals surface area contributed by atoms with E-state index in [0.717, 1.165) is 11.1 Å². The number of sulfonamides is 1. The fourth-order valence-electron chi connectivity index (χ4n) is 1.73. The van der Waals surface area contributed by atoms with Crippen molar-refractivity contribution in [3.63, 3.8) is 0 Å². The van der Waals surface area contributed by atoms with Crippen LogP contribution < -0.4 is 17.1 Å². The Balaban J connectivity index is 0.00000180. The minimum absolute atomic E-state index is 0. The molecule has 0 spiro atoms. The van der Waals surface area contributed by atoms with Gasteiger partial charge in [-0.2, -0.15) is 0 Å². The monoisotopic (exact) mass is 297 g/mol. The average Bonchev–Trinajstić information content (AvgIpc) is 2.29. The van der Waals surface area contributed by atoms with Crippen molar-refractivity contribution in [3.8, 4) is 0 Å². The molecule has 0 bridgehead atoms. The Labute approximate surface area is 119 Å². The van der Waals surface area contributed by atoms with Crippen LogP contribution in [0.1, 0.15) is 11.1 Å². The zero-order valence-corrected chi connectivity index (χ0v) is 12.2. The second kappa shape index (κ2) is 6.04. The van der Waals surface area contributed by atoms with Gasteiger partial charge in [-0.05, 0) is 37.6 Å². The third-order valence-electron chi connectivity index (χ3n) is 2.55. The highest BCUT2D eigenvalue weighted by Gasteiger charge is 2.16. The summed E-state index contributed by atoms with van der Waals surface area (Å²) in [7, 11) is -3.54. The average molecular weight is 298 g/mol. The molecule has 19 heavy (non-hydrogen) atoms. The van der Waals surface area contributed by atoms with Crippen molar-refractivity contribution in [2.75, 3.05) is 4.72 Å². The minimum Gasteiger partial charge on any atom is -1.00 e. The van der Waals surface area contributed by atoms with Gasteiger partial charge in [0.05, 0.1) is 10.6 Å². The summed E-state index contributed by atoms with van der Waals surface area (Å²) in [4.78, 5) is 4.14. The van der Waals surface area contributed by atoms with Crippen LogP contribution in [0.15, 0.2) is 47.6 Å². The van der Waals surface area contributed by atoms with Crippen molar-refractivity contribution in [3.05, 3.63) is 53.9 Å². The topological polar surface area (TPSA) is 59.1 Å². The molecule has 0 aliphatic rings. The van der Waals surface area contributed by atoms with Crippen LogP contribution in [0.5, 0.6) is 0 Å². The van der Waals surface area contributed by atoms with Crippen LogP contribution >= 0.6 is 0 Å². The lowest BCUT2D eigenvalue weighted by atomic mass is 10.2. The Hall–Kier alpha value is -1.59. The molecule has 1 aromatic carbocycles. The van der Waals surface area contributed by atoms with Crippen molar-refractivity contribution in [2.24, 2.45) is 0 Å². The largest absolute Gasteiger partial charge is 1.00 e. The van der Waals surface area contributed by atoms with Gasteiger partial charge in [-0.1, -0.05) is 17.7 Å². The molecule has 0 atom stereocenters. The third kappa shape index (κ3) is 3.68. The molecular weight excluding hydrogens is 284 g/mol. The van der Waals surface area contributed by atoms with E-state index in [9.17, 15) is 8.42 Å². The number of hydrogen-bond donors (Lipinski definition) is 1. The maximum Gasteiger partial charge on any atom is 0.262 e. The molecule has 2 rings (SSSR count). The first-order valence-electron chi connectivity index (χ1n) is 5.49. The summed E-state index contributed by atoms with van der Waals surface area (Å²) < 4.78 is 26.9. The number of rotatable bonds is 3. The number of benzene rings is 1. The van der Waals surface area contributed by atoms with Crippen LogP contribution in [0.2, 0.25) is 0 Å². The molecule has 0 fully saturated rings. The van der Waals surface area contributed by atoms with E-state index in [4.69, 9.17) is 0 Å². The summed E-state index contributed by atoms with van der Waals surface area (Å²) in [6.07, 6.45) is 3.08. The lowest BCUT2D eigenvalue weighted by Crippen LogP contribution is -3.00. The number of halogens is 1. The van der Waals surface area contributed by atoms with Crippen LogP contribution in [-0.4, -0.2) is 13.4 Å². The van der Waals surface area contributed by atoms with Gasteiger partial charge in [0.15, 0.2) is 0 Å². The first kappa shape index (κ1) is 15.5. The molecule has 0 saturated carbocycles. The first-order chi connectivity index (χ1) is 8.49. The third-order valence-corrected chi connectivity index (χ3v) is 4.09. The normalized spacial score (nSPS) is 10.6. The van der Waals surface area contributed by atoms with Crippen LogP contribution in [0, 0.1) is 13.8 Å². The van der Waals surface area contributed by atoms with E-state index < -0.39 is 10.0 Å². The first-order valence-corrected chi connectivity index (χ1v) is 6.97. The van der Waals surface area contributed by atoms with E-state index in [0.29, 0.717) is 10.6 Å². The summed E-state index contributed by atoms with van der Waals surface area (Å²) in [5.41, 5.74) is 2.27. The van der Waals surface area contributed by atoms with Gasteiger partial charge in [-0.3, -0.25) is 9.71 Å². The predicted molar refractivity (Wildman–Crippen MR) is 71.0 cm³/mol. The van der Waals surface area contributed by atoms with Gasteiger partial charge in [0.2, 0.25) is 0 Å². The maximum absolute atomic E-state index is 12.2. The highest BCUT2D eigenvalue weighted by molar-refractivity contribution is 7.92. The van der Waals surface area contributed by atoms with Crippen molar-refractivity contribution in [2.45, 2.75) is 18.7 Å². The summed E-state index contributed by atoms with van der Waals surface area (Å²) in [6, 6.07) is 8.48. The second-order valence-electron chi connectivity index (χ2n) is 4.11. The molecule has 0 unspecified atom stereocenters. The molecular formula is C13H14ClN2O2S-. The lowest BCUT2D eigenvalue weighted by Gasteiger charge is -2.10. The Morgan fingerprint density at radius 1 is 1.05 bits per heavy atom. The fourth-order valence-corrected chi connectivity index (χ4v) is 3.02. The number of aromatic nitrogens is 1. The predicted octanol–water partition coefficient (Wildman–Crippen LogP) is -0.497. The SMILES string of the molecule is Cc1ccc(S(=O)(=O)Nc2ccncc2)c(C)c1.[Cl-]. The van der Waals surface area contributed by atoms with E-state index in [1.165, 1.54) is 0 Å². The summed E-state index contributed by atoms with van der Waals surface area (Å²) in [5.74, 6) is 0. The lowest BCUT2D eigenvalue weighted by molar-refractivity contribution is -0.00000631. The zero-order valence-electron chi connectivity index (χ0n) is 10.6. The molecule has 4 nitrogen and oxygen atoms in total. The molecule has 1 heterocycles. The fraction of sp³-hybridized carbons (Fsp3) is 0.154. The molecule has 1 N–H and O–H groups in total. The van der Waals surface area contributed by atoms with Gasteiger partial charge in [-0.25, -0.2) is 8.42 Å². The number of anilines is 1. The molecule has 0 radical (unpaired) electrons. The van der Waals surface area contributed by atoms with Gasteiger partial charge in [0.25, 0.3) is 10.0 Å². The second-order valence-corrected chi connectivity index (χ2v) is 5.76. The molecule has 1 aromatic heterocycles. The van der Waals surface area contributed by atoms with Crippen molar-refractivity contribution >= 4 is 15.7 Å². The standard InChI is InChI=1S/C13H14N2O2S.ClH/c1-10-3-4-13(11(2)9-10)18(16,17)15-12-5-7-14-8-6-12;/h3-9H,1-2H3,(H,14,15);1H/p-1. The van der Waals surface area contributed by atoms with E-state index >= 15 is 0 Å². The Morgan fingerprint density at radius 3 is 2.26 bits per heavy atom. The summed E-state index contributed by atoms with van der Waals surface area (Å²) in [6.45, 7) is 3.72. The van der Waals surface area contributed by atoms with Gasteiger partial charge in [0, 0.05) is 12.4 Å². The molecule has 0 saturated heterocycles. The Kier molecular flexibility index (Phi) is 4.91. The number of hydrogen-bond acceptors (Lipinski definition) is 3. The van der Waals surface area contributed by atoms with Gasteiger partial charge in [0.1, 0.15) is 0 Å². The van der Waals surface area contributed by atoms with Gasteiger partial charge < -0.3 is 12.4 Å². The quantitative estimate of drug-likeness (QED) is 0.831. The summed E-state index contributed by atoms with van der Waals surface area (Å²) >= 11 is 0. The highest BCUT2D eigenvalue weighted by Crippen LogP contribution is 2.19. The van der Waals surface area contributed by atoms with Crippen LogP contribution in [0.3, 0.4) is 0 Å². The van der Waals surface area contributed by atoms with Crippen LogP contribution in [0.25, 0.3) is 0 Å². The summed E-state index contributed by atoms with van der Waals surface area (Å²) in [5, 5.41) is 0. The van der Waals surface area contributed by atoms with Crippen LogP contribution in [0.4, 0.5) is 5.69 Å². The Bertz CT molecular complexity index is 658. The number of nitrogens with one attached hydrogen (secondary N) is 1. The van der Waals surface area contributed by atoms with E-state index in [2.05, 4.69) is 9.71 Å². The zero-order chi connectivity index (χ0) is 13.2. The Morgan fingerprint density at radius 2 is 1.68 bits per heavy atom. The van der Waals surface area contributed by atoms with E-state index in [1.54, 1.807) is 43.6 Å². The van der Waals surface area contributed by atoms with Gasteiger partial charge in [-0.15, -0.1) is 0 Å².